The summed E-state index contributed by atoms with van der Waals surface area (Å²) in [5.74, 6) is -0.712. The van der Waals surface area contributed by atoms with E-state index in [0.29, 0.717) is 25.0 Å². The maximum absolute atomic E-state index is 13.5. The molecule has 0 bridgehead atoms. The van der Waals surface area contributed by atoms with Crippen molar-refractivity contribution in [3.05, 3.63) is 18.2 Å². The van der Waals surface area contributed by atoms with Gasteiger partial charge in [-0.15, -0.1) is 0 Å². The van der Waals surface area contributed by atoms with Crippen molar-refractivity contribution < 1.29 is 36.2 Å². The average molecular weight is 450 g/mol. The van der Waals surface area contributed by atoms with E-state index in [-0.39, 0.29) is 41.5 Å². The fraction of sp³-hybridized carbons (Fsp3) is 0.611. The molecule has 1 aliphatic rings. The molecule has 1 atom stereocenters. The van der Waals surface area contributed by atoms with Crippen LogP contribution in [0.2, 0.25) is 0 Å². The second-order valence-electron chi connectivity index (χ2n) is 6.89. The van der Waals surface area contributed by atoms with Crippen molar-refractivity contribution in [1.82, 2.24) is 4.31 Å². The highest BCUT2D eigenvalue weighted by Crippen LogP contribution is 2.33. The molecule has 1 heterocycles. The van der Waals surface area contributed by atoms with Gasteiger partial charge in [-0.1, -0.05) is 6.42 Å². The summed E-state index contributed by atoms with van der Waals surface area (Å²) in [4.78, 5) is 10.6. The van der Waals surface area contributed by atoms with Gasteiger partial charge in [0.2, 0.25) is 10.0 Å². The minimum absolute atomic E-state index is 0.00820. The van der Waals surface area contributed by atoms with Crippen LogP contribution in [0.5, 0.6) is 11.5 Å². The molecule has 1 aromatic carbocycles. The Bertz CT molecular complexity index is 927. The lowest BCUT2D eigenvalue weighted by Gasteiger charge is -2.28. The van der Waals surface area contributed by atoms with Crippen molar-refractivity contribution in [1.29, 1.82) is 0 Å². The predicted octanol–water partition coefficient (Wildman–Crippen LogP) is 1.53. The molecule has 2 rings (SSSR count). The lowest BCUT2D eigenvalue weighted by atomic mass is 10.2. The molecule has 1 aromatic rings. The van der Waals surface area contributed by atoms with Crippen LogP contribution in [-0.4, -0.2) is 70.5 Å². The van der Waals surface area contributed by atoms with Crippen molar-refractivity contribution in [2.75, 3.05) is 32.3 Å². The van der Waals surface area contributed by atoms with Gasteiger partial charge in [0.25, 0.3) is 0 Å². The van der Waals surface area contributed by atoms with E-state index >= 15 is 0 Å². The Kier molecular flexibility index (Phi) is 7.89. The Morgan fingerprint density at radius 1 is 1.21 bits per heavy atom. The quantitative estimate of drug-likeness (QED) is 0.504. The van der Waals surface area contributed by atoms with E-state index in [0.717, 1.165) is 0 Å². The molecule has 164 valence electrons. The second kappa shape index (κ2) is 9.77. The molecule has 0 aromatic heterocycles. The highest BCUT2D eigenvalue weighted by molar-refractivity contribution is 7.92. The van der Waals surface area contributed by atoms with Gasteiger partial charge >= 0.3 is 5.97 Å². The summed E-state index contributed by atoms with van der Waals surface area (Å²) in [6.07, 6.45) is 1.61. The number of hydrogen-bond acceptors (Lipinski definition) is 7. The average Bonchev–Trinajstić information content (AvgIpc) is 3.02. The van der Waals surface area contributed by atoms with Crippen LogP contribution in [0.3, 0.4) is 0 Å². The third-order valence-electron chi connectivity index (χ3n) is 4.84. The molecule has 11 heteroatoms. The summed E-state index contributed by atoms with van der Waals surface area (Å²) in [6.45, 7) is 0.0997. The van der Waals surface area contributed by atoms with Crippen molar-refractivity contribution in [2.45, 2.75) is 43.0 Å². The van der Waals surface area contributed by atoms with Gasteiger partial charge in [0, 0.05) is 25.1 Å². The Hall–Kier alpha value is -1.85. The summed E-state index contributed by atoms with van der Waals surface area (Å²) < 4.78 is 62.4. The highest BCUT2D eigenvalue weighted by Gasteiger charge is 2.39. The Morgan fingerprint density at radius 2 is 1.93 bits per heavy atom. The monoisotopic (exact) mass is 449 g/mol. The van der Waals surface area contributed by atoms with Crippen molar-refractivity contribution in [3.8, 4) is 11.5 Å². The summed E-state index contributed by atoms with van der Waals surface area (Å²) >= 11 is 0. The van der Waals surface area contributed by atoms with E-state index < -0.39 is 31.9 Å². The van der Waals surface area contributed by atoms with E-state index in [9.17, 15) is 21.6 Å². The standard InChI is InChI=1S/C18H27NO8S2/c1-26-15-7-8-16(27-2)17(12-15)29(24,25)19(10-5-3-4-6-18(20)21)14-9-11-28(22,23)13-14/h7-8,12,14H,3-6,9-11,13H2,1-2H3,(H,20,21)/t14-/m1/s1. The van der Waals surface area contributed by atoms with Gasteiger partial charge in [-0.05, 0) is 31.4 Å². The molecule has 9 nitrogen and oxygen atoms in total. The van der Waals surface area contributed by atoms with Crippen LogP contribution < -0.4 is 9.47 Å². The molecule has 1 N–H and O–H groups in total. The van der Waals surface area contributed by atoms with Crippen LogP contribution in [-0.2, 0) is 24.7 Å². The number of sulfone groups is 1. The van der Waals surface area contributed by atoms with Crippen LogP contribution >= 0.6 is 0 Å². The summed E-state index contributed by atoms with van der Waals surface area (Å²) in [5, 5.41) is 8.74. The molecule has 1 aliphatic heterocycles. The number of aliphatic carboxylic acids is 1. The first-order chi connectivity index (χ1) is 13.6. The number of hydrogen-bond donors (Lipinski definition) is 1. The number of carboxylic acid groups (broad SMARTS) is 1. The first-order valence-corrected chi connectivity index (χ1v) is 12.5. The van der Waals surface area contributed by atoms with Crippen molar-refractivity contribution >= 4 is 25.8 Å². The van der Waals surface area contributed by atoms with Gasteiger partial charge < -0.3 is 14.6 Å². The maximum Gasteiger partial charge on any atom is 0.303 e. The van der Waals surface area contributed by atoms with Crippen LogP contribution in [0.25, 0.3) is 0 Å². The number of benzene rings is 1. The fourth-order valence-corrected chi connectivity index (χ4v) is 7.02. The maximum atomic E-state index is 13.5. The topological polar surface area (TPSA) is 127 Å². The molecular weight excluding hydrogens is 422 g/mol. The van der Waals surface area contributed by atoms with Gasteiger partial charge in [0.05, 0.1) is 25.7 Å². The van der Waals surface area contributed by atoms with Crippen LogP contribution in [0.15, 0.2) is 23.1 Å². The van der Waals surface area contributed by atoms with Gasteiger partial charge in [0.1, 0.15) is 16.4 Å². The number of methoxy groups -OCH3 is 2. The molecule has 1 fully saturated rings. The number of rotatable bonds is 11. The first-order valence-electron chi connectivity index (χ1n) is 9.27. The summed E-state index contributed by atoms with van der Waals surface area (Å²) in [6, 6.07) is 3.76. The Balaban J connectivity index is 2.32. The third kappa shape index (κ3) is 6.06. The lowest BCUT2D eigenvalue weighted by molar-refractivity contribution is -0.137. The van der Waals surface area contributed by atoms with Gasteiger partial charge in [-0.2, -0.15) is 4.31 Å². The van der Waals surface area contributed by atoms with E-state index in [2.05, 4.69) is 0 Å². The van der Waals surface area contributed by atoms with Gasteiger partial charge in [0.15, 0.2) is 9.84 Å². The largest absolute Gasteiger partial charge is 0.497 e. The fourth-order valence-electron chi connectivity index (χ4n) is 3.33. The Morgan fingerprint density at radius 3 is 2.48 bits per heavy atom. The molecule has 1 saturated heterocycles. The second-order valence-corrected chi connectivity index (χ2v) is 11.0. The zero-order valence-corrected chi connectivity index (χ0v) is 18.2. The molecule has 0 spiro atoms. The molecule has 29 heavy (non-hydrogen) atoms. The SMILES string of the molecule is COc1ccc(OC)c(S(=O)(=O)N(CCCCCC(=O)O)[C@@H]2CCS(=O)(=O)C2)c1. The number of unbranched alkanes of at least 4 members (excludes halogenated alkanes) is 2. The van der Waals surface area contributed by atoms with E-state index in [1.165, 1.54) is 30.7 Å². The number of carbonyl (C=O) groups is 1. The zero-order valence-electron chi connectivity index (χ0n) is 16.5. The van der Waals surface area contributed by atoms with Crippen LogP contribution in [0.1, 0.15) is 32.1 Å². The van der Waals surface area contributed by atoms with Crippen molar-refractivity contribution in [2.24, 2.45) is 0 Å². The number of carboxylic acids is 1. The van der Waals surface area contributed by atoms with E-state index in [1.807, 2.05) is 0 Å². The molecule has 0 saturated carbocycles. The Labute approximate surface area is 171 Å². The highest BCUT2D eigenvalue weighted by atomic mass is 32.2. The van der Waals surface area contributed by atoms with E-state index in [4.69, 9.17) is 14.6 Å². The molecule has 0 unspecified atom stereocenters. The van der Waals surface area contributed by atoms with E-state index in [1.54, 1.807) is 6.07 Å². The minimum Gasteiger partial charge on any atom is -0.497 e. The predicted molar refractivity (Wildman–Crippen MR) is 107 cm³/mol. The molecule has 0 aliphatic carbocycles. The molecular formula is C18H27NO8S2. The molecule has 0 radical (unpaired) electrons. The van der Waals surface area contributed by atoms with Crippen molar-refractivity contribution in [3.63, 3.8) is 0 Å². The number of ether oxygens (including phenoxy) is 2. The summed E-state index contributed by atoms with van der Waals surface area (Å²) in [7, 11) is -4.59. The van der Waals surface area contributed by atoms with Crippen LogP contribution in [0, 0.1) is 0 Å². The smallest absolute Gasteiger partial charge is 0.303 e. The number of nitrogens with zero attached hydrogens (tertiary/aromatic N) is 1. The zero-order chi connectivity index (χ0) is 21.7. The third-order valence-corrected chi connectivity index (χ3v) is 8.57. The molecule has 0 amide bonds. The minimum atomic E-state index is -4.07. The number of sulfonamides is 1. The van der Waals surface area contributed by atoms with Gasteiger partial charge in [-0.25, -0.2) is 16.8 Å². The summed E-state index contributed by atoms with van der Waals surface area (Å²) in [5.41, 5.74) is 0. The normalized spacial score (nSPS) is 18.7. The van der Waals surface area contributed by atoms with Crippen LogP contribution in [0.4, 0.5) is 0 Å². The lowest BCUT2D eigenvalue weighted by Crippen LogP contribution is -2.41. The first kappa shape index (κ1) is 23.4. The van der Waals surface area contributed by atoms with Gasteiger partial charge in [-0.3, -0.25) is 4.79 Å².